The van der Waals surface area contributed by atoms with Crippen LogP contribution in [0.1, 0.15) is 28.2 Å². The molecule has 23 heavy (non-hydrogen) atoms. The van der Waals surface area contributed by atoms with Crippen molar-refractivity contribution in [2.75, 3.05) is 0 Å². The number of hydrogen-bond donors (Lipinski definition) is 0. The molecule has 0 unspecified atom stereocenters. The number of benzene rings is 1. The van der Waals surface area contributed by atoms with E-state index in [1.807, 2.05) is 0 Å². The van der Waals surface area contributed by atoms with Crippen molar-refractivity contribution in [3.05, 3.63) is 71.3 Å². The molecule has 0 spiro atoms. The van der Waals surface area contributed by atoms with Crippen molar-refractivity contribution in [2.45, 2.75) is 12.6 Å². The predicted octanol–water partition coefficient (Wildman–Crippen LogP) is 4.07. The fraction of sp³-hybridized carbons (Fsp3) is 0.125. The highest BCUT2D eigenvalue weighted by molar-refractivity contribution is 5.97. The largest absolute Gasteiger partial charge is 0.435 e. The zero-order valence-corrected chi connectivity index (χ0v) is 11.6. The van der Waals surface area contributed by atoms with Crippen molar-refractivity contribution in [3.63, 3.8) is 0 Å². The number of rotatable bonds is 2. The van der Waals surface area contributed by atoms with Crippen LogP contribution in [0.25, 0.3) is 5.57 Å². The van der Waals surface area contributed by atoms with Gasteiger partial charge in [0.25, 0.3) is 5.91 Å². The maximum absolute atomic E-state index is 12.9. The lowest BCUT2D eigenvalue weighted by molar-refractivity contribution is -0.141. The van der Waals surface area contributed by atoms with Crippen molar-refractivity contribution in [1.29, 1.82) is 0 Å². The van der Waals surface area contributed by atoms with E-state index >= 15 is 0 Å². The van der Waals surface area contributed by atoms with E-state index in [9.17, 15) is 22.4 Å². The molecule has 0 saturated heterocycles. The molecule has 0 aliphatic heterocycles. The topological polar surface area (TPSA) is 34.9 Å². The number of carbonyl (C=O) groups excluding carboxylic acids is 1. The van der Waals surface area contributed by atoms with Gasteiger partial charge in [0.2, 0.25) is 0 Å². The first-order chi connectivity index (χ1) is 10.9. The Balaban J connectivity index is 2.08. The lowest BCUT2D eigenvalue weighted by atomic mass is 10.1. The van der Waals surface area contributed by atoms with Crippen molar-refractivity contribution >= 4 is 11.5 Å². The maximum Gasteiger partial charge on any atom is 0.435 e. The molecule has 1 aromatic heterocycles. The molecule has 3 rings (SSSR count). The average Bonchev–Trinajstić information content (AvgIpc) is 3.15. The van der Waals surface area contributed by atoms with Crippen LogP contribution in [0.2, 0.25) is 0 Å². The van der Waals surface area contributed by atoms with Crippen LogP contribution in [0.5, 0.6) is 0 Å². The van der Waals surface area contributed by atoms with Gasteiger partial charge in [-0.15, -0.1) is 0 Å². The van der Waals surface area contributed by atoms with E-state index in [4.69, 9.17) is 0 Å². The second kappa shape index (κ2) is 5.49. The third-order valence-corrected chi connectivity index (χ3v) is 3.38. The Morgan fingerprint density at radius 1 is 1.17 bits per heavy atom. The quantitative estimate of drug-likeness (QED) is 0.781. The van der Waals surface area contributed by atoms with Gasteiger partial charge in [0.15, 0.2) is 5.69 Å². The summed E-state index contributed by atoms with van der Waals surface area (Å²) in [6, 6.07) is 5.39. The van der Waals surface area contributed by atoms with Gasteiger partial charge in [0.1, 0.15) is 5.82 Å². The first kappa shape index (κ1) is 15.2. The minimum absolute atomic E-state index is 0.0519. The van der Waals surface area contributed by atoms with E-state index in [1.165, 1.54) is 12.1 Å². The molecule has 1 aliphatic carbocycles. The number of allylic oxidation sites excluding steroid dienone is 4. The number of alkyl halides is 3. The second-order valence-electron chi connectivity index (χ2n) is 4.96. The van der Waals surface area contributed by atoms with Gasteiger partial charge in [-0.3, -0.25) is 4.79 Å². The molecule has 118 valence electrons. The van der Waals surface area contributed by atoms with Crippen molar-refractivity contribution in [3.8, 4) is 0 Å². The van der Waals surface area contributed by atoms with E-state index in [1.54, 1.807) is 18.2 Å². The fourth-order valence-electron chi connectivity index (χ4n) is 2.26. The van der Waals surface area contributed by atoms with Crippen molar-refractivity contribution in [2.24, 2.45) is 0 Å². The number of nitrogens with zero attached hydrogens (tertiary/aromatic N) is 2. The maximum atomic E-state index is 12.9. The van der Waals surface area contributed by atoms with Gasteiger partial charge >= 0.3 is 6.18 Å². The summed E-state index contributed by atoms with van der Waals surface area (Å²) in [5.41, 5.74) is -0.452. The van der Waals surface area contributed by atoms with E-state index < -0.39 is 23.6 Å². The lowest BCUT2D eigenvalue weighted by Crippen LogP contribution is -2.17. The number of hydrogen-bond acceptors (Lipinski definition) is 2. The fourth-order valence-corrected chi connectivity index (χ4v) is 2.26. The molecule has 1 aliphatic rings. The first-order valence-corrected chi connectivity index (χ1v) is 6.70. The van der Waals surface area contributed by atoms with Gasteiger partial charge in [-0.25, -0.2) is 4.39 Å². The van der Waals surface area contributed by atoms with E-state index in [2.05, 4.69) is 5.10 Å². The number of aromatic nitrogens is 2. The van der Waals surface area contributed by atoms with Gasteiger partial charge in [-0.1, -0.05) is 18.2 Å². The molecule has 0 saturated carbocycles. The summed E-state index contributed by atoms with van der Waals surface area (Å²) < 4.78 is 52.4. The van der Waals surface area contributed by atoms with Crippen LogP contribution in [-0.2, 0) is 6.18 Å². The molecule has 7 heteroatoms. The summed E-state index contributed by atoms with van der Waals surface area (Å²) in [6.07, 6.45) is 0.853. The summed E-state index contributed by atoms with van der Waals surface area (Å²) in [7, 11) is 0. The standard InChI is InChI=1S/C16H10F4N2O/c17-12-7-5-11(6-8-12)15(23)22-13(10-3-1-2-4-10)9-14(21-22)16(18,19)20/h1-3,5-9H,4H2. The van der Waals surface area contributed by atoms with Crippen LogP contribution in [0.15, 0.2) is 48.6 Å². The summed E-state index contributed by atoms with van der Waals surface area (Å²) >= 11 is 0. The summed E-state index contributed by atoms with van der Waals surface area (Å²) in [6.45, 7) is 0. The highest BCUT2D eigenvalue weighted by Crippen LogP contribution is 2.32. The van der Waals surface area contributed by atoms with Crippen LogP contribution >= 0.6 is 0 Å². The molecule has 0 N–H and O–H groups in total. The van der Waals surface area contributed by atoms with Gasteiger partial charge in [-0.05, 0) is 42.3 Å². The highest BCUT2D eigenvalue weighted by Gasteiger charge is 2.36. The zero-order valence-electron chi connectivity index (χ0n) is 11.6. The third kappa shape index (κ3) is 2.94. The van der Waals surface area contributed by atoms with Crippen molar-refractivity contribution in [1.82, 2.24) is 9.78 Å². The minimum Gasteiger partial charge on any atom is -0.267 e. The Kier molecular flexibility index (Phi) is 3.63. The molecule has 2 aromatic rings. The van der Waals surface area contributed by atoms with E-state index in [0.717, 1.165) is 22.9 Å². The lowest BCUT2D eigenvalue weighted by Gasteiger charge is -2.07. The summed E-state index contributed by atoms with van der Waals surface area (Å²) in [5, 5.41) is 3.40. The Bertz CT molecular complexity index is 814. The molecular weight excluding hydrogens is 312 g/mol. The molecule has 0 radical (unpaired) electrons. The Morgan fingerprint density at radius 2 is 1.87 bits per heavy atom. The smallest absolute Gasteiger partial charge is 0.267 e. The first-order valence-electron chi connectivity index (χ1n) is 6.70. The van der Waals surface area contributed by atoms with Crippen LogP contribution in [0.3, 0.4) is 0 Å². The molecule has 0 bridgehead atoms. The highest BCUT2D eigenvalue weighted by atomic mass is 19.4. The number of halogens is 4. The molecule has 3 nitrogen and oxygen atoms in total. The SMILES string of the molecule is O=C(c1ccc(F)cc1)n1nc(C(F)(F)F)cc1C1=CC=CC1. The molecule has 0 amide bonds. The van der Waals surface area contributed by atoms with Crippen LogP contribution in [0, 0.1) is 5.82 Å². The molecule has 1 heterocycles. The molecule has 0 fully saturated rings. The average molecular weight is 322 g/mol. The Morgan fingerprint density at radius 3 is 2.43 bits per heavy atom. The van der Waals surface area contributed by atoms with Crippen LogP contribution in [0.4, 0.5) is 17.6 Å². The van der Waals surface area contributed by atoms with Crippen molar-refractivity contribution < 1.29 is 22.4 Å². The van der Waals surface area contributed by atoms with Crippen LogP contribution in [-0.4, -0.2) is 15.7 Å². The van der Waals surface area contributed by atoms with Gasteiger partial charge in [0.05, 0.1) is 5.69 Å². The molecular formula is C16H10F4N2O. The normalized spacial score (nSPS) is 14.2. The van der Waals surface area contributed by atoms with E-state index in [-0.39, 0.29) is 11.3 Å². The third-order valence-electron chi connectivity index (χ3n) is 3.38. The van der Waals surface area contributed by atoms with Crippen LogP contribution < -0.4 is 0 Å². The summed E-state index contributed by atoms with van der Waals surface area (Å²) in [5.74, 6) is -1.29. The molecule has 1 aromatic carbocycles. The minimum atomic E-state index is -4.66. The predicted molar refractivity (Wildman–Crippen MR) is 75.1 cm³/mol. The monoisotopic (exact) mass is 322 g/mol. The Hall–Kier alpha value is -2.70. The zero-order chi connectivity index (χ0) is 16.6. The number of carbonyl (C=O) groups is 1. The molecule has 0 atom stereocenters. The Labute approximate surface area is 128 Å². The van der Waals surface area contributed by atoms with Gasteiger partial charge in [-0.2, -0.15) is 23.0 Å². The van der Waals surface area contributed by atoms with Gasteiger partial charge in [0, 0.05) is 5.56 Å². The second-order valence-corrected chi connectivity index (χ2v) is 4.96. The van der Waals surface area contributed by atoms with Gasteiger partial charge < -0.3 is 0 Å². The van der Waals surface area contributed by atoms with E-state index in [0.29, 0.717) is 12.0 Å². The summed E-state index contributed by atoms with van der Waals surface area (Å²) in [4.78, 5) is 12.4.